The van der Waals surface area contributed by atoms with Crippen LogP contribution in [0.4, 0.5) is 0 Å². The molecule has 2 rings (SSSR count). The molecular weight excluding hydrogens is 202 g/mol. The van der Waals surface area contributed by atoms with Crippen molar-refractivity contribution in [1.82, 2.24) is 24.8 Å². The van der Waals surface area contributed by atoms with E-state index in [9.17, 15) is 0 Å². The first-order valence-corrected chi connectivity index (χ1v) is 5.33. The van der Waals surface area contributed by atoms with Crippen LogP contribution in [-0.2, 0) is 13.0 Å². The molecular formula is C11H15N5. The molecule has 1 N–H and O–H groups in total. The van der Waals surface area contributed by atoms with Crippen LogP contribution in [0.25, 0.3) is 5.95 Å². The summed E-state index contributed by atoms with van der Waals surface area (Å²) in [5.74, 6) is 1.65. The van der Waals surface area contributed by atoms with E-state index in [1.807, 2.05) is 30.2 Å². The highest BCUT2D eigenvalue weighted by Crippen LogP contribution is 2.06. The van der Waals surface area contributed by atoms with Crippen LogP contribution in [-0.4, -0.2) is 26.6 Å². The fraction of sp³-hybridized carbons (Fsp3) is 0.364. The zero-order valence-corrected chi connectivity index (χ0v) is 9.51. The molecule has 16 heavy (non-hydrogen) atoms. The average molecular weight is 217 g/mol. The first kappa shape index (κ1) is 10.8. The summed E-state index contributed by atoms with van der Waals surface area (Å²) in [5, 5.41) is 3.06. The van der Waals surface area contributed by atoms with Crippen molar-refractivity contribution in [3.05, 3.63) is 36.2 Å². The second-order valence-corrected chi connectivity index (χ2v) is 3.49. The minimum atomic E-state index is 0.675. The highest BCUT2D eigenvalue weighted by molar-refractivity contribution is 5.17. The summed E-state index contributed by atoms with van der Waals surface area (Å²) in [4.78, 5) is 12.9. The van der Waals surface area contributed by atoms with Crippen LogP contribution >= 0.6 is 0 Å². The molecule has 2 aromatic heterocycles. The van der Waals surface area contributed by atoms with Crippen molar-refractivity contribution in [2.24, 2.45) is 0 Å². The molecule has 0 aliphatic heterocycles. The van der Waals surface area contributed by atoms with Crippen molar-refractivity contribution in [2.45, 2.75) is 19.9 Å². The molecule has 0 aliphatic carbocycles. The summed E-state index contributed by atoms with van der Waals surface area (Å²) in [6.45, 7) is 2.85. The molecule has 0 radical (unpaired) electrons. The number of rotatable bonds is 4. The zero-order chi connectivity index (χ0) is 11.4. The smallest absolute Gasteiger partial charge is 0.235 e. The van der Waals surface area contributed by atoms with Gasteiger partial charge in [-0.15, -0.1) is 0 Å². The summed E-state index contributed by atoms with van der Waals surface area (Å²) >= 11 is 0. The Morgan fingerprint density at radius 1 is 1.25 bits per heavy atom. The van der Waals surface area contributed by atoms with Crippen molar-refractivity contribution in [1.29, 1.82) is 0 Å². The molecule has 0 bridgehead atoms. The molecule has 5 nitrogen and oxygen atoms in total. The van der Waals surface area contributed by atoms with Gasteiger partial charge in [0.15, 0.2) is 0 Å². The maximum absolute atomic E-state index is 4.32. The van der Waals surface area contributed by atoms with Gasteiger partial charge in [0, 0.05) is 43.3 Å². The molecule has 0 aromatic carbocycles. The van der Waals surface area contributed by atoms with Crippen molar-refractivity contribution in [3.8, 4) is 5.95 Å². The van der Waals surface area contributed by atoms with Crippen LogP contribution in [0.2, 0.25) is 0 Å². The Morgan fingerprint density at radius 3 is 2.62 bits per heavy atom. The number of hydrogen-bond donors (Lipinski definition) is 1. The maximum atomic E-state index is 4.32. The monoisotopic (exact) mass is 217 g/mol. The van der Waals surface area contributed by atoms with Gasteiger partial charge in [-0.2, -0.15) is 0 Å². The topological polar surface area (TPSA) is 55.6 Å². The fourth-order valence-corrected chi connectivity index (χ4v) is 1.55. The van der Waals surface area contributed by atoms with Gasteiger partial charge < -0.3 is 5.32 Å². The van der Waals surface area contributed by atoms with Crippen LogP contribution in [0.1, 0.15) is 18.3 Å². The molecule has 0 saturated carbocycles. The molecule has 2 heterocycles. The van der Waals surface area contributed by atoms with E-state index in [2.05, 4.69) is 27.2 Å². The lowest BCUT2D eigenvalue weighted by Gasteiger charge is -2.05. The van der Waals surface area contributed by atoms with E-state index < -0.39 is 0 Å². The van der Waals surface area contributed by atoms with Gasteiger partial charge in [0.1, 0.15) is 5.82 Å². The molecule has 84 valence electrons. The van der Waals surface area contributed by atoms with Gasteiger partial charge >= 0.3 is 0 Å². The second-order valence-electron chi connectivity index (χ2n) is 3.49. The van der Waals surface area contributed by atoms with Gasteiger partial charge in [-0.05, 0) is 7.05 Å². The Morgan fingerprint density at radius 2 is 2.00 bits per heavy atom. The van der Waals surface area contributed by atoms with Crippen LogP contribution in [0.15, 0.2) is 24.8 Å². The summed E-state index contributed by atoms with van der Waals surface area (Å²) in [7, 11) is 1.90. The molecule has 0 unspecified atom stereocenters. The average Bonchev–Trinajstić information content (AvgIpc) is 2.78. The number of aryl methyl sites for hydroxylation is 1. The van der Waals surface area contributed by atoms with Crippen LogP contribution < -0.4 is 5.32 Å². The van der Waals surface area contributed by atoms with E-state index in [4.69, 9.17) is 0 Å². The first-order chi connectivity index (χ1) is 7.85. The Bertz CT molecular complexity index is 446. The minimum Gasteiger partial charge on any atom is -0.316 e. The normalized spacial score (nSPS) is 10.6. The van der Waals surface area contributed by atoms with E-state index >= 15 is 0 Å². The summed E-state index contributed by atoms with van der Waals surface area (Å²) in [5.41, 5.74) is 1.07. The van der Waals surface area contributed by atoms with Crippen molar-refractivity contribution in [3.63, 3.8) is 0 Å². The summed E-state index contributed by atoms with van der Waals surface area (Å²) in [6, 6.07) is 0. The molecule has 0 fully saturated rings. The Labute approximate surface area is 94.6 Å². The van der Waals surface area contributed by atoms with Crippen molar-refractivity contribution >= 4 is 0 Å². The zero-order valence-electron chi connectivity index (χ0n) is 9.51. The fourth-order valence-electron chi connectivity index (χ4n) is 1.55. The van der Waals surface area contributed by atoms with Gasteiger partial charge in [0.05, 0.1) is 0 Å². The number of nitrogens with zero attached hydrogens (tertiary/aromatic N) is 4. The Hall–Kier alpha value is -1.75. The molecule has 5 heteroatoms. The van der Waals surface area contributed by atoms with Crippen molar-refractivity contribution < 1.29 is 0 Å². The quantitative estimate of drug-likeness (QED) is 0.828. The molecule has 0 amide bonds. The predicted molar refractivity (Wildman–Crippen MR) is 61.3 cm³/mol. The molecule has 0 atom stereocenters. The number of hydrogen-bond acceptors (Lipinski definition) is 4. The van der Waals surface area contributed by atoms with Crippen LogP contribution in [0.3, 0.4) is 0 Å². The van der Waals surface area contributed by atoms with Crippen LogP contribution in [0, 0.1) is 0 Å². The Kier molecular flexibility index (Phi) is 3.26. The highest BCUT2D eigenvalue weighted by Gasteiger charge is 2.04. The molecule has 0 saturated heterocycles. The van der Waals surface area contributed by atoms with Crippen molar-refractivity contribution in [2.75, 3.05) is 7.05 Å². The summed E-state index contributed by atoms with van der Waals surface area (Å²) < 4.78 is 1.91. The molecule has 2 aromatic rings. The molecule has 0 spiro atoms. The third-order valence-corrected chi connectivity index (χ3v) is 2.32. The standard InChI is InChI=1S/C11H15N5/c1-3-10-13-4-5-16(10)11-14-7-9(6-12-2)8-15-11/h4-5,7-8,12H,3,6H2,1-2H3. The second kappa shape index (κ2) is 4.85. The predicted octanol–water partition coefficient (Wildman–Crippen LogP) is 0.944. The maximum Gasteiger partial charge on any atom is 0.235 e. The van der Waals surface area contributed by atoms with E-state index in [-0.39, 0.29) is 0 Å². The lowest BCUT2D eigenvalue weighted by Crippen LogP contribution is -2.08. The summed E-state index contributed by atoms with van der Waals surface area (Å²) in [6.07, 6.45) is 8.18. The van der Waals surface area contributed by atoms with E-state index in [0.29, 0.717) is 5.95 Å². The van der Waals surface area contributed by atoms with Gasteiger partial charge in [-0.25, -0.2) is 15.0 Å². The third kappa shape index (κ3) is 2.09. The first-order valence-electron chi connectivity index (χ1n) is 5.33. The third-order valence-electron chi connectivity index (χ3n) is 2.32. The van der Waals surface area contributed by atoms with Crippen LogP contribution in [0.5, 0.6) is 0 Å². The number of nitrogens with one attached hydrogen (secondary N) is 1. The van der Waals surface area contributed by atoms with Gasteiger partial charge in [-0.3, -0.25) is 4.57 Å². The largest absolute Gasteiger partial charge is 0.316 e. The van der Waals surface area contributed by atoms with E-state index in [1.165, 1.54) is 0 Å². The lowest BCUT2D eigenvalue weighted by atomic mass is 10.3. The SMILES string of the molecule is CCc1nccn1-c1ncc(CNC)cn1. The minimum absolute atomic E-state index is 0.675. The number of aromatic nitrogens is 4. The molecule has 0 aliphatic rings. The lowest BCUT2D eigenvalue weighted by molar-refractivity contribution is 0.788. The highest BCUT2D eigenvalue weighted by atomic mass is 15.2. The van der Waals surface area contributed by atoms with E-state index in [1.54, 1.807) is 6.20 Å². The van der Waals surface area contributed by atoms with Gasteiger partial charge in [0.2, 0.25) is 5.95 Å². The Balaban J connectivity index is 2.27. The van der Waals surface area contributed by atoms with Gasteiger partial charge in [-0.1, -0.05) is 6.92 Å². The van der Waals surface area contributed by atoms with Gasteiger partial charge in [0.25, 0.3) is 0 Å². The van der Waals surface area contributed by atoms with E-state index in [0.717, 1.165) is 24.4 Å². The number of imidazole rings is 1.